The van der Waals surface area contributed by atoms with Crippen LogP contribution in [0.3, 0.4) is 0 Å². The summed E-state index contributed by atoms with van der Waals surface area (Å²) in [5.74, 6) is 1.14. The summed E-state index contributed by atoms with van der Waals surface area (Å²) in [6.07, 6.45) is 0.845. The van der Waals surface area contributed by atoms with Gasteiger partial charge in [-0.25, -0.2) is 9.37 Å². The Morgan fingerprint density at radius 3 is 2.75 bits per heavy atom. The molecule has 0 amide bonds. The Balaban J connectivity index is 1.61. The molecule has 0 unspecified atom stereocenters. The molecule has 0 radical (unpaired) electrons. The predicted octanol–water partition coefficient (Wildman–Crippen LogP) is 6.02. The summed E-state index contributed by atoms with van der Waals surface area (Å²) in [7, 11) is 0. The van der Waals surface area contributed by atoms with Crippen LogP contribution in [0.5, 0.6) is 5.75 Å². The molecule has 1 aliphatic heterocycles. The van der Waals surface area contributed by atoms with Crippen molar-refractivity contribution in [2.75, 3.05) is 0 Å². The fraction of sp³-hybridized carbons (Fsp3) is 0.185. The standard InChI is InChI=1S/C27H22FN3O/c1-3-26-30-23-6-4-5-7-24(23)31(26)15-18-8-10-21-19(12-18)16-32-25-13-20(28)9-11-22(25)27(21)17(2)14-29/h4-13H,3,15-16H2,1-2H3. The summed E-state index contributed by atoms with van der Waals surface area (Å²) in [5, 5.41) is 9.64. The Labute approximate surface area is 186 Å². The number of para-hydroxylation sites is 2. The molecule has 32 heavy (non-hydrogen) atoms. The predicted molar refractivity (Wildman–Crippen MR) is 123 cm³/mol. The lowest BCUT2D eigenvalue weighted by atomic mass is 9.90. The van der Waals surface area contributed by atoms with Crippen molar-refractivity contribution in [3.8, 4) is 11.8 Å². The molecule has 0 bridgehead atoms. The van der Waals surface area contributed by atoms with E-state index in [0.717, 1.165) is 51.1 Å². The zero-order valence-electron chi connectivity index (χ0n) is 18.0. The SMILES string of the molecule is CCc1nc2ccccc2n1Cc1ccc2c(c1)COc1cc(F)ccc1C2=C(C)C#N. The number of benzene rings is 3. The Hall–Kier alpha value is -3.91. The van der Waals surface area contributed by atoms with E-state index in [9.17, 15) is 9.65 Å². The molecular formula is C27H22FN3O. The second-order valence-electron chi connectivity index (χ2n) is 7.99. The van der Waals surface area contributed by atoms with Gasteiger partial charge in [-0.1, -0.05) is 31.2 Å². The summed E-state index contributed by atoms with van der Waals surface area (Å²) in [4.78, 5) is 4.77. The van der Waals surface area contributed by atoms with Crippen LogP contribution in [0.2, 0.25) is 0 Å². The monoisotopic (exact) mass is 423 g/mol. The van der Waals surface area contributed by atoms with Gasteiger partial charge in [-0.3, -0.25) is 0 Å². The highest BCUT2D eigenvalue weighted by atomic mass is 19.1. The zero-order chi connectivity index (χ0) is 22.2. The van der Waals surface area contributed by atoms with E-state index in [1.165, 1.54) is 12.1 Å². The minimum atomic E-state index is -0.358. The van der Waals surface area contributed by atoms with E-state index in [4.69, 9.17) is 9.72 Å². The molecule has 1 aliphatic rings. The van der Waals surface area contributed by atoms with Crippen molar-refractivity contribution >= 4 is 16.6 Å². The highest BCUT2D eigenvalue weighted by Crippen LogP contribution is 2.39. The zero-order valence-corrected chi connectivity index (χ0v) is 18.0. The lowest BCUT2D eigenvalue weighted by molar-refractivity contribution is 0.305. The van der Waals surface area contributed by atoms with Crippen LogP contribution in [0.4, 0.5) is 4.39 Å². The van der Waals surface area contributed by atoms with Crippen LogP contribution in [0.15, 0.2) is 66.2 Å². The van der Waals surface area contributed by atoms with Crippen molar-refractivity contribution in [1.29, 1.82) is 5.26 Å². The summed E-state index contributed by atoms with van der Waals surface area (Å²) in [6.45, 7) is 4.90. The molecule has 0 saturated heterocycles. The normalized spacial score (nSPS) is 14.2. The van der Waals surface area contributed by atoms with Gasteiger partial charge in [0, 0.05) is 35.7 Å². The van der Waals surface area contributed by atoms with Crippen molar-refractivity contribution in [2.45, 2.75) is 33.4 Å². The number of fused-ring (bicyclic) bond motifs is 3. The van der Waals surface area contributed by atoms with E-state index in [2.05, 4.69) is 35.8 Å². The Morgan fingerprint density at radius 2 is 1.94 bits per heavy atom. The molecule has 5 heteroatoms. The van der Waals surface area contributed by atoms with Crippen molar-refractivity contribution in [3.05, 3.63) is 100 Å². The average Bonchev–Trinajstić information content (AvgIpc) is 3.08. The van der Waals surface area contributed by atoms with Crippen LogP contribution in [-0.4, -0.2) is 9.55 Å². The molecule has 158 valence electrons. The molecule has 1 aromatic heterocycles. The van der Waals surface area contributed by atoms with E-state index < -0.39 is 0 Å². The largest absolute Gasteiger partial charge is 0.488 e. The minimum absolute atomic E-state index is 0.313. The van der Waals surface area contributed by atoms with Gasteiger partial charge in [0.05, 0.1) is 17.1 Å². The van der Waals surface area contributed by atoms with Crippen LogP contribution in [0.1, 0.15) is 41.9 Å². The first-order chi connectivity index (χ1) is 15.6. The third kappa shape index (κ3) is 3.34. The van der Waals surface area contributed by atoms with Crippen LogP contribution in [0, 0.1) is 17.1 Å². The van der Waals surface area contributed by atoms with E-state index >= 15 is 0 Å². The van der Waals surface area contributed by atoms with Crippen molar-refractivity contribution in [2.24, 2.45) is 0 Å². The first-order valence-electron chi connectivity index (χ1n) is 10.7. The molecule has 3 aromatic carbocycles. The maximum atomic E-state index is 13.9. The molecule has 4 aromatic rings. The van der Waals surface area contributed by atoms with Gasteiger partial charge in [-0.15, -0.1) is 0 Å². The molecule has 0 spiro atoms. The smallest absolute Gasteiger partial charge is 0.130 e. The minimum Gasteiger partial charge on any atom is -0.488 e. The van der Waals surface area contributed by atoms with Gasteiger partial charge < -0.3 is 9.30 Å². The van der Waals surface area contributed by atoms with Gasteiger partial charge in [0.25, 0.3) is 0 Å². The van der Waals surface area contributed by atoms with Gasteiger partial charge in [0.15, 0.2) is 0 Å². The van der Waals surface area contributed by atoms with Crippen LogP contribution in [-0.2, 0) is 19.6 Å². The van der Waals surface area contributed by atoms with Crippen molar-refractivity contribution in [1.82, 2.24) is 9.55 Å². The maximum absolute atomic E-state index is 13.9. The molecule has 2 heterocycles. The Bertz CT molecular complexity index is 1420. The molecule has 0 N–H and O–H groups in total. The highest BCUT2D eigenvalue weighted by Gasteiger charge is 2.22. The number of hydrogen-bond donors (Lipinski definition) is 0. The van der Waals surface area contributed by atoms with Gasteiger partial charge in [-0.2, -0.15) is 5.26 Å². The second-order valence-corrected chi connectivity index (χ2v) is 7.99. The maximum Gasteiger partial charge on any atom is 0.130 e. The molecule has 0 fully saturated rings. The van der Waals surface area contributed by atoms with Gasteiger partial charge in [0.1, 0.15) is 24.0 Å². The number of aromatic nitrogens is 2. The average molecular weight is 423 g/mol. The van der Waals surface area contributed by atoms with Crippen molar-refractivity contribution in [3.63, 3.8) is 0 Å². The van der Waals surface area contributed by atoms with Gasteiger partial charge in [-0.05, 0) is 53.9 Å². The van der Waals surface area contributed by atoms with Gasteiger partial charge in [0.2, 0.25) is 0 Å². The third-order valence-corrected chi connectivity index (χ3v) is 5.97. The van der Waals surface area contributed by atoms with Crippen molar-refractivity contribution < 1.29 is 9.13 Å². The summed E-state index contributed by atoms with van der Waals surface area (Å²) < 4.78 is 22.1. The molecular weight excluding hydrogens is 401 g/mol. The second kappa shape index (κ2) is 7.97. The number of hydrogen-bond acceptors (Lipinski definition) is 3. The quantitative estimate of drug-likeness (QED) is 0.378. The third-order valence-electron chi connectivity index (χ3n) is 5.97. The number of imidazole rings is 1. The topological polar surface area (TPSA) is 50.8 Å². The number of aryl methyl sites for hydroxylation is 1. The van der Waals surface area contributed by atoms with E-state index in [0.29, 0.717) is 24.5 Å². The highest BCUT2D eigenvalue weighted by molar-refractivity contribution is 5.88. The molecule has 0 atom stereocenters. The first-order valence-corrected chi connectivity index (χ1v) is 10.7. The van der Waals surface area contributed by atoms with Crippen LogP contribution < -0.4 is 4.74 Å². The van der Waals surface area contributed by atoms with Gasteiger partial charge >= 0.3 is 0 Å². The number of halogens is 1. The molecule has 5 rings (SSSR count). The van der Waals surface area contributed by atoms with E-state index in [1.807, 2.05) is 24.3 Å². The number of allylic oxidation sites excluding steroid dienone is 1. The lowest BCUT2D eigenvalue weighted by Crippen LogP contribution is -2.06. The van der Waals surface area contributed by atoms with E-state index in [1.54, 1.807) is 13.0 Å². The fourth-order valence-corrected chi connectivity index (χ4v) is 4.45. The summed E-state index contributed by atoms with van der Waals surface area (Å²) in [5.41, 5.74) is 7.27. The van der Waals surface area contributed by atoms with E-state index in [-0.39, 0.29) is 5.82 Å². The molecule has 0 aliphatic carbocycles. The number of nitriles is 1. The summed E-state index contributed by atoms with van der Waals surface area (Å²) >= 11 is 0. The number of ether oxygens (including phenoxy) is 1. The first kappa shape index (κ1) is 20.0. The lowest BCUT2D eigenvalue weighted by Gasteiger charge is -2.14. The number of rotatable bonds is 3. The van der Waals surface area contributed by atoms with Crippen LogP contribution in [0.25, 0.3) is 16.6 Å². The summed E-state index contributed by atoms with van der Waals surface area (Å²) in [6, 6.07) is 21.2. The fourth-order valence-electron chi connectivity index (χ4n) is 4.45. The Morgan fingerprint density at radius 1 is 1.12 bits per heavy atom. The van der Waals surface area contributed by atoms with Crippen LogP contribution >= 0.6 is 0 Å². The molecule has 0 saturated carbocycles. The number of nitrogens with zero attached hydrogens (tertiary/aromatic N) is 3. The molecule has 4 nitrogen and oxygen atoms in total. The Kier molecular flexibility index (Phi) is 4.99.